The van der Waals surface area contributed by atoms with Crippen LogP contribution in [0.5, 0.6) is 5.75 Å². The number of ether oxygens (including phenoxy) is 1. The Kier molecular flexibility index (Phi) is 5.30. The molecule has 0 bridgehead atoms. The first-order valence-corrected chi connectivity index (χ1v) is 6.43. The van der Waals surface area contributed by atoms with Crippen LogP contribution in [0.1, 0.15) is 23.7 Å². The number of rotatable bonds is 5. The molecule has 0 unspecified atom stereocenters. The Balaban J connectivity index is 3.33. The van der Waals surface area contributed by atoms with Gasteiger partial charge in [0.25, 0.3) is 0 Å². The van der Waals surface area contributed by atoms with Crippen molar-refractivity contribution in [3.8, 4) is 5.75 Å². The number of carbonyl (C=O) groups excluding carboxylic acids is 1. The Bertz CT molecular complexity index is 541. The number of carbonyl (C=O) groups is 1. The van der Waals surface area contributed by atoms with Gasteiger partial charge in [0, 0.05) is 4.47 Å². The fraction of sp³-hybridized carbons (Fsp3) is 0.417. The predicted molar refractivity (Wildman–Crippen MR) is 65.2 cm³/mol. The van der Waals surface area contributed by atoms with Gasteiger partial charge in [-0.05, 0) is 34.5 Å². The summed E-state index contributed by atoms with van der Waals surface area (Å²) in [7, 11) is 0. The third-order valence-electron chi connectivity index (χ3n) is 2.39. The van der Waals surface area contributed by atoms with Crippen LogP contribution in [0.4, 0.5) is 26.3 Å². The standard InChI is InChI=1S/C12H9BrF6O2/c1-2-5-21-7-4-3-6(13)8(9(7)14)10(20)11(15,16)12(17,18)19/h3-4H,2,5H2,1H3. The molecule has 0 saturated carbocycles. The Morgan fingerprint density at radius 1 is 1.24 bits per heavy atom. The lowest BCUT2D eigenvalue weighted by Crippen LogP contribution is -2.44. The molecule has 1 aromatic carbocycles. The number of ketones is 1. The molecule has 9 heteroatoms. The first-order chi connectivity index (χ1) is 9.54. The number of Topliss-reactive ketones (excluding diaryl/α,β-unsaturated/α-hetero) is 1. The zero-order valence-electron chi connectivity index (χ0n) is 10.5. The van der Waals surface area contributed by atoms with Gasteiger partial charge >= 0.3 is 12.1 Å². The van der Waals surface area contributed by atoms with Gasteiger partial charge < -0.3 is 4.74 Å². The van der Waals surface area contributed by atoms with Crippen molar-refractivity contribution in [3.63, 3.8) is 0 Å². The Morgan fingerprint density at radius 2 is 1.81 bits per heavy atom. The highest BCUT2D eigenvalue weighted by Gasteiger charge is 2.64. The molecule has 0 radical (unpaired) electrons. The smallest absolute Gasteiger partial charge is 0.461 e. The molecular weight excluding hydrogens is 370 g/mol. The van der Waals surface area contributed by atoms with Crippen LogP contribution in [0.15, 0.2) is 16.6 Å². The van der Waals surface area contributed by atoms with Crippen molar-refractivity contribution in [2.75, 3.05) is 6.61 Å². The minimum absolute atomic E-state index is 0.0157. The summed E-state index contributed by atoms with van der Waals surface area (Å²) >= 11 is 2.59. The van der Waals surface area contributed by atoms with E-state index in [0.717, 1.165) is 12.1 Å². The van der Waals surface area contributed by atoms with Gasteiger partial charge in [0.15, 0.2) is 11.6 Å². The van der Waals surface area contributed by atoms with Crippen LogP contribution >= 0.6 is 15.9 Å². The van der Waals surface area contributed by atoms with E-state index >= 15 is 0 Å². The van der Waals surface area contributed by atoms with Crippen LogP contribution in [-0.2, 0) is 0 Å². The number of hydrogen-bond donors (Lipinski definition) is 0. The molecule has 0 atom stereocenters. The summed E-state index contributed by atoms with van der Waals surface area (Å²) in [5.74, 6) is -10.5. The number of halogens is 7. The number of benzene rings is 1. The van der Waals surface area contributed by atoms with Gasteiger partial charge in [-0.15, -0.1) is 0 Å². The molecule has 2 nitrogen and oxygen atoms in total. The molecule has 1 rings (SSSR count). The molecule has 0 fully saturated rings. The van der Waals surface area contributed by atoms with Crippen molar-refractivity contribution in [1.82, 2.24) is 0 Å². The van der Waals surface area contributed by atoms with Crippen LogP contribution in [-0.4, -0.2) is 24.5 Å². The zero-order valence-corrected chi connectivity index (χ0v) is 12.1. The average Bonchev–Trinajstić information content (AvgIpc) is 2.36. The van der Waals surface area contributed by atoms with E-state index in [9.17, 15) is 31.1 Å². The summed E-state index contributed by atoms with van der Waals surface area (Å²) in [4.78, 5) is 11.4. The molecule has 0 aliphatic carbocycles. The summed E-state index contributed by atoms with van der Waals surface area (Å²) in [5, 5.41) is 0. The molecule has 0 spiro atoms. The van der Waals surface area contributed by atoms with E-state index in [1.54, 1.807) is 6.92 Å². The summed E-state index contributed by atoms with van der Waals surface area (Å²) in [6.45, 7) is 1.70. The first-order valence-electron chi connectivity index (χ1n) is 5.64. The lowest BCUT2D eigenvalue weighted by atomic mass is 10.0. The van der Waals surface area contributed by atoms with Crippen molar-refractivity contribution in [2.45, 2.75) is 25.4 Å². The van der Waals surface area contributed by atoms with Gasteiger partial charge in [0.1, 0.15) is 0 Å². The van der Waals surface area contributed by atoms with Crippen LogP contribution < -0.4 is 4.74 Å². The second-order valence-electron chi connectivity index (χ2n) is 3.98. The van der Waals surface area contributed by atoms with E-state index in [1.807, 2.05) is 0 Å². The van der Waals surface area contributed by atoms with E-state index in [1.165, 1.54) is 0 Å². The van der Waals surface area contributed by atoms with Crippen LogP contribution in [0.3, 0.4) is 0 Å². The second-order valence-corrected chi connectivity index (χ2v) is 4.84. The van der Waals surface area contributed by atoms with E-state index in [4.69, 9.17) is 4.74 Å². The highest BCUT2D eigenvalue weighted by atomic mass is 79.9. The highest BCUT2D eigenvalue weighted by Crippen LogP contribution is 2.40. The molecule has 0 saturated heterocycles. The van der Waals surface area contributed by atoms with E-state index < -0.39 is 39.5 Å². The van der Waals surface area contributed by atoms with Gasteiger partial charge in [-0.25, -0.2) is 4.39 Å². The molecule has 0 aliphatic heterocycles. The maximum absolute atomic E-state index is 13.9. The molecule has 0 amide bonds. The fourth-order valence-electron chi connectivity index (χ4n) is 1.35. The summed E-state index contributed by atoms with van der Waals surface area (Å²) in [5.41, 5.74) is -1.40. The minimum atomic E-state index is -6.11. The normalized spacial score (nSPS) is 12.4. The van der Waals surface area contributed by atoms with Gasteiger partial charge in [-0.2, -0.15) is 22.0 Å². The molecule has 0 heterocycles. The highest BCUT2D eigenvalue weighted by molar-refractivity contribution is 9.10. The second kappa shape index (κ2) is 6.25. The summed E-state index contributed by atoms with van der Waals surface area (Å²) in [6, 6.07) is 1.99. The lowest BCUT2D eigenvalue weighted by Gasteiger charge is -2.19. The summed E-state index contributed by atoms with van der Waals surface area (Å²) < 4.78 is 81.0. The van der Waals surface area contributed by atoms with Gasteiger partial charge in [0.05, 0.1) is 12.2 Å². The van der Waals surface area contributed by atoms with Crippen LogP contribution in [0, 0.1) is 5.82 Å². The monoisotopic (exact) mass is 378 g/mol. The van der Waals surface area contributed by atoms with Crippen molar-refractivity contribution in [3.05, 3.63) is 28.0 Å². The molecule has 21 heavy (non-hydrogen) atoms. The molecular formula is C12H9BrF6O2. The van der Waals surface area contributed by atoms with Crippen LogP contribution in [0.2, 0.25) is 0 Å². The summed E-state index contributed by atoms with van der Waals surface area (Å²) in [6.07, 6.45) is -5.66. The average molecular weight is 379 g/mol. The van der Waals surface area contributed by atoms with E-state index in [2.05, 4.69) is 15.9 Å². The van der Waals surface area contributed by atoms with Crippen LogP contribution in [0.25, 0.3) is 0 Å². The van der Waals surface area contributed by atoms with Crippen molar-refractivity contribution in [1.29, 1.82) is 0 Å². The van der Waals surface area contributed by atoms with Crippen molar-refractivity contribution < 1.29 is 35.9 Å². The largest absolute Gasteiger partial charge is 0.491 e. The topological polar surface area (TPSA) is 26.3 Å². The molecule has 0 aromatic heterocycles. The van der Waals surface area contributed by atoms with Crippen molar-refractivity contribution in [2.24, 2.45) is 0 Å². The third kappa shape index (κ3) is 3.50. The van der Waals surface area contributed by atoms with Gasteiger partial charge in [-0.1, -0.05) is 6.92 Å². The Hall–Kier alpha value is -1.25. The Morgan fingerprint density at radius 3 is 2.29 bits per heavy atom. The molecule has 0 aliphatic rings. The lowest BCUT2D eigenvalue weighted by molar-refractivity contribution is -0.255. The fourth-order valence-corrected chi connectivity index (χ4v) is 1.84. The number of alkyl halides is 5. The van der Waals surface area contributed by atoms with Gasteiger partial charge in [-0.3, -0.25) is 4.79 Å². The Labute approximate surface area is 124 Å². The van der Waals surface area contributed by atoms with E-state index in [-0.39, 0.29) is 6.61 Å². The quantitative estimate of drug-likeness (QED) is 0.545. The van der Waals surface area contributed by atoms with Crippen molar-refractivity contribution >= 4 is 21.7 Å². The minimum Gasteiger partial charge on any atom is -0.491 e. The number of hydrogen-bond acceptors (Lipinski definition) is 2. The van der Waals surface area contributed by atoms with Gasteiger partial charge in [0.2, 0.25) is 5.78 Å². The maximum atomic E-state index is 13.9. The predicted octanol–water partition coefficient (Wildman–Crippen LogP) is 4.76. The third-order valence-corrected chi connectivity index (χ3v) is 3.05. The maximum Gasteiger partial charge on any atom is 0.461 e. The van der Waals surface area contributed by atoms with E-state index in [0.29, 0.717) is 6.42 Å². The first kappa shape index (κ1) is 17.8. The molecule has 0 N–H and O–H groups in total. The molecule has 118 valence electrons. The SMILES string of the molecule is CCCOc1ccc(Br)c(C(=O)C(F)(F)C(F)(F)F)c1F. The zero-order chi connectivity index (χ0) is 16.4. The molecule has 1 aromatic rings.